The lowest BCUT2D eigenvalue weighted by Gasteiger charge is -2.23. The van der Waals surface area contributed by atoms with E-state index in [-0.39, 0.29) is 11.5 Å². The zero-order valence-electron chi connectivity index (χ0n) is 8.98. The van der Waals surface area contributed by atoms with Crippen LogP contribution in [0.2, 0.25) is 5.02 Å². The number of hydrogen-bond donors (Lipinski definition) is 1. The van der Waals surface area contributed by atoms with Crippen LogP contribution < -0.4 is 5.73 Å². The highest BCUT2D eigenvalue weighted by atomic mass is 79.9. The molecule has 0 amide bonds. The SMILES string of the molecule is Cc1c(Cl)cc(Br)cc1C1(C(C)N)CC1. The van der Waals surface area contributed by atoms with E-state index in [0.29, 0.717) is 0 Å². The van der Waals surface area contributed by atoms with E-state index in [0.717, 1.165) is 9.50 Å². The molecule has 0 aromatic heterocycles. The van der Waals surface area contributed by atoms with Gasteiger partial charge in [-0.2, -0.15) is 0 Å². The summed E-state index contributed by atoms with van der Waals surface area (Å²) in [6.45, 7) is 4.16. The molecule has 0 saturated heterocycles. The van der Waals surface area contributed by atoms with Crippen molar-refractivity contribution in [1.29, 1.82) is 0 Å². The van der Waals surface area contributed by atoms with Crippen molar-refractivity contribution in [2.24, 2.45) is 5.73 Å². The first-order valence-corrected chi connectivity index (χ1v) is 6.36. The van der Waals surface area contributed by atoms with Crippen LogP contribution >= 0.6 is 27.5 Å². The molecular weight excluding hydrogens is 273 g/mol. The maximum absolute atomic E-state index is 6.19. The van der Waals surface area contributed by atoms with Gasteiger partial charge < -0.3 is 5.73 Å². The highest BCUT2D eigenvalue weighted by Crippen LogP contribution is 2.52. The molecule has 1 aromatic carbocycles. The first-order chi connectivity index (χ1) is 6.97. The molecule has 0 spiro atoms. The predicted octanol–water partition coefficient (Wildman–Crippen LogP) is 3.79. The van der Waals surface area contributed by atoms with E-state index in [4.69, 9.17) is 17.3 Å². The molecule has 82 valence electrons. The molecule has 0 radical (unpaired) electrons. The molecule has 1 nitrogen and oxygen atoms in total. The van der Waals surface area contributed by atoms with Gasteiger partial charge in [-0.25, -0.2) is 0 Å². The van der Waals surface area contributed by atoms with E-state index < -0.39 is 0 Å². The zero-order valence-corrected chi connectivity index (χ0v) is 11.3. The minimum atomic E-state index is 0.178. The van der Waals surface area contributed by atoms with Crippen LogP contribution in [0.1, 0.15) is 30.9 Å². The number of hydrogen-bond acceptors (Lipinski definition) is 1. The molecule has 0 bridgehead atoms. The Kier molecular flexibility index (Phi) is 2.87. The molecule has 1 fully saturated rings. The smallest absolute Gasteiger partial charge is 0.0449 e. The number of rotatable bonds is 2. The van der Waals surface area contributed by atoms with Crippen LogP contribution in [-0.4, -0.2) is 6.04 Å². The summed E-state index contributed by atoms with van der Waals surface area (Å²) in [4.78, 5) is 0. The first kappa shape index (κ1) is 11.4. The molecule has 2 rings (SSSR count). The van der Waals surface area contributed by atoms with Crippen molar-refractivity contribution in [3.05, 3.63) is 32.8 Å². The summed E-state index contributed by atoms with van der Waals surface area (Å²) in [7, 11) is 0. The van der Waals surface area contributed by atoms with Crippen LogP contribution in [-0.2, 0) is 5.41 Å². The monoisotopic (exact) mass is 287 g/mol. The quantitative estimate of drug-likeness (QED) is 0.880. The van der Waals surface area contributed by atoms with Gasteiger partial charge in [-0.1, -0.05) is 27.5 Å². The van der Waals surface area contributed by atoms with Crippen molar-refractivity contribution in [1.82, 2.24) is 0 Å². The molecule has 0 heterocycles. The van der Waals surface area contributed by atoms with Crippen LogP contribution in [0.25, 0.3) is 0 Å². The fraction of sp³-hybridized carbons (Fsp3) is 0.500. The van der Waals surface area contributed by atoms with Crippen molar-refractivity contribution in [3.63, 3.8) is 0 Å². The van der Waals surface area contributed by atoms with E-state index in [1.165, 1.54) is 24.0 Å². The highest BCUT2D eigenvalue weighted by Gasteiger charge is 2.48. The van der Waals surface area contributed by atoms with E-state index >= 15 is 0 Å². The summed E-state index contributed by atoms with van der Waals surface area (Å²) in [6, 6.07) is 4.30. The summed E-state index contributed by atoms with van der Waals surface area (Å²) < 4.78 is 1.04. The Hall–Kier alpha value is -0.0500. The zero-order chi connectivity index (χ0) is 11.2. The topological polar surface area (TPSA) is 26.0 Å². The Bertz CT molecular complexity index is 397. The lowest BCUT2D eigenvalue weighted by atomic mass is 9.86. The second-order valence-corrected chi connectivity index (χ2v) is 5.83. The average Bonchev–Trinajstić information content (AvgIpc) is 2.91. The van der Waals surface area contributed by atoms with Gasteiger partial charge in [0.1, 0.15) is 0 Å². The molecule has 1 saturated carbocycles. The minimum Gasteiger partial charge on any atom is -0.327 e. The molecule has 0 aliphatic heterocycles. The second-order valence-electron chi connectivity index (χ2n) is 4.50. The molecule has 1 aliphatic rings. The van der Waals surface area contributed by atoms with E-state index in [9.17, 15) is 0 Å². The Morgan fingerprint density at radius 1 is 1.47 bits per heavy atom. The third-order valence-electron chi connectivity index (χ3n) is 3.51. The maximum atomic E-state index is 6.19. The third kappa shape index (κ3) is 1.83. The molecule has 1 unspecified atom stereocenters. The Balaban J connectivity index is 2.53. The molecule has 2 N–H and O–H groups in total. The van der Waals surface area contributed by atoms with Crippen molar-refractivity contribution in [2.75, 3.05) is 0 Å². The average molecular weight is 289 g/mol. The molecule has 15 heavy (non-hydrogen) atoms. The summed E-state index contributed by atoms with van der Waals surface area (Å²) in [5.41, 5.74) is 8.75. The largest absolute Gasteiger partial charge is 0.327 e. The Morgan fingerprint density at radius 2 is 2.07 bits per heavy atom. The van der Waals surface area contributed by atoms with Crippen LogP contribution in [0.3, 0.4) is 0 Å². The summed E-state index contributed by atoms with van der Waals surface area (Å²) in [6.07, 6.45) is 2.36. The normalized spacial score (nSPS) is 20.1. The fourth-order valence-corrected chi connectivity index (χ4v) is 3.08. The van der Waals surface area contributed by atoms with Crippen molar-refractivity contribution < 1.29 is 0 Å². The highest BCUT2D eigenvalue weighted by molar-refractivity contribution is 9.10. The number of nitrogens with two attached hydrogens (primary N) is 1. The summed E-state index contributed by atoms with van der Waals surface area (Å²) in [5.74, 6) is 0. The van der Waals surface area contributed by atoms with Gasteiger partial charge in [0.15, 0.2) is 0 Å². The molecule has 1 aromatic rings. The molecular formula is C12H15BrClN. The summed E-state index contributed by atoms with van der Waals surface area (Å²) in [5, 5.41) is 0.825. The minimum absolute atomic E-state index is 0.178. The van der Waals surface area contributed by atoms with E-state index in [2.05, 4.69) is 35.8 Å². The van der Waals surface area contributed by atoms with Crippen molar-refractivity contribution in [2.45, 2.75) is 38.1 Å². The lowest BCUT2D eigenvalue weighted by molar-refractivity contribution is 0.553. The van der Waals surface area contributed by atoms with E-state index in [1.807, 2.05) is 6.07 Å². The third-order valence-corrected chi connectivity index (χ3v) is 4.36. The van der Waals surface area contributed by atoms with Gasteiger partial charge in [0.2, 0.25) is 0 Å². The second kappa shape index (κ2) is 3.76. The lowest BCUT2D eigenvalue weighted by Crippen LogP contribution is -2.32. The van der Waals surface area contributed by atoms with Gasteiger partial charge in [0, 0.05) is 21.0 Å². The number of halogens is 2. The van der Waals surface area contributed by atoms with Gasteiger partial charge >= 0.3 is 0 Å². The van der Waals surface area contributed by atoms with Gasteiger partial charge in [0.05, 0.1) is 0 Å². The van der Waals surface area contributed by atoms with Gasteiger partial charge in [-0.3, -0.25) is 0 Å². The number of benzene rings is 1. The van der Waals surface area contributed by atoms with Crippen LogP contribution in [0.15, 0.2) is 16.6 Å². The Labute approximate surface area is 104 Å². The Morgan fingerprint density at radius 3 is 2.53 bits per heavy atom. The van der Waals surface area contributed by atoms with Gasteiger partial charge in [0.25, 0.3) is 0 Å². The van der Waals surface area contributed by atoms with Crippen molar-refractivity contribution in [3.8, 4) is 0 Å². The van der Waals surface area contributed by atoms with E-state index in [1.54, 1.807) is 0 Å². The van der Waals surface area contributed by atoms with Crippen LogP contribution in [0.5, 0.6) is 0 Å². The van der Waals surface area contributed by atoms with Gasteiger partial charge in [-0.05, 0) is 49.9 Å². The summed E-state index contributed by atoms with van der Waals surface area (Å²) >= 11 is 9.68. The predicted molar refractivity (Wildman–Crippen MR) is 68.5 cm³/mol. The van der Waals surface area contributed by atoms with Gasteiger partial charge in [-0.15, -0.1) is 0 Å². The molecule has 1 atom stereocenters. The maximum Gasteiger partial charge on any atom is 0.0449 e. The fourth-order valence-electron chi connectivity index (χ4n) is 2.27. The molecule has 3 heteroatoms. The molecule has 1 aliphatic carbocycles. The van der Waals surface area contributed by atoms with Crippen molar-refractivity contribution >= 4 is 27.5 Å². The first-order valence-electron chi connectivity index (χ1n) is 5.19. The van der Waals surface area contributed by atoms with Crippen LogP contribution in [0, 0.1) is 6.92 Å². The van der Waals surface area contributed by atoms with Crippen LogP contribution in [0.4, 0.5) is 0 Å². The standard InChI is InChI=1S/C12H15BrClN/c1-7-10(5-9(13)6-11(7)14)12(3-4-12)8(2)15/h5-6,8H,3-4,15H2,1-2H3.